The molecule has 5 rings (SSSR count). The van der Waals surface area contributed by atoms with Crippen LogP contribution >= 0.6 is 0 Å². The Bertz CT molecular complexity index is 655. The molecule has 2 spiro atoms. The number of nitrogens with zero attached hydrogens (tertiary/aromatic N) is 1. The van der Waals surface area contributed by atoms with Crippen molar-refractivity contribution in [2.75, 3.05) is 7.11 Å². The van der Waals surface area contributed by atoms with Gasteiger partial charge in [0.2, 0.25) is 0 Å². The van der Waals surface area contributed by atoms with E-state index in [0.29, 0.717) is 22.2 Å². The van der Waals surface area contributed by atoms with Crippen LogP contribution in [0.1, 0.15) is 80.0 Å². The Hall–Kier alpha value is -1.05. The molecule has 0 aliphatic heterocycles. The van der Waals surface area contributed by atoms with Gasteiger partial charge in [-0.25, -0.2) is 0 Å². The second-order valence-corrected chi connectivity index (χ2v) is 9.76. The molecule has 0 aromatic rings. The number of rotatable bonds is 2. The Labute approximate surface area is 161 Å². The molecule has 0 heterocycles. The first-order valence-corrected chi connectivity index (χ1v) is 10.9. The van der Waals surface area contributed by atoms with Crippen LogP contribution in [-0.2, 0) is 4.84 Å². The van der Waals surface area contributed by atoms with Gasteiger partial charge >= 0.3 is 0 Å². The van der Waals surface area contributed by atoms with Gasteiger partial charge in [-0.05, 0) is 87.9 Å². The van der Waals surface area contributed by atoms with E-state index in [9.17, 15) is 0 Å². The van der Waals surface area contributed by atoms with E-state index in [2.05, 4.69) is 31.7 Å². The van der Waals surface area contributed by atoms with Gasteiger partial charge in [0.1, 0.15) is 7.11 Å². The van der Waals surface area contributed by atoms with Crippen LogP contribution < -0.4 is 0 Å². The van der Waals surface area contributed by atoms with E-state index in [0.717, 1.165) is 11.8 Å². The van der Waals surface area contributed by atoms with Gasteiger partial charge in [-0.15, -0.1) is 6.58 Å². The summed E-state index contributed by atoms with van der Waals surface area (Å²) in [6.45, 7) is 10.1. The number of oxime groups is 1. The van der Waals surface area contributed by atoms with Crippen molar-refractivity contribution in [3.63, 3.8) is 0 Å². The lowest BCUT2D eigenvalue weighted by atomic mass is 9.59. The fourth-order valence-electron chi connectivity index (χ4n) is 8.63. The molecule has 0 amide bonds. The SMILES string of the molecule is C=CC.CO/N=C(\C)C1CCC2C1(C)CCC1C34CCCCC3=CCC214.[HH]. The molecule has 0 radical (unpaired) electrons. The van der Waals surface area contributed by atoms with Crippen molar-refractivity contribution in [3.05, 3.63) is 24.3 Å². The maximum Gasteiger partial charge on any atom is 0.106 e. The van der Waals surface area contributed by atoms with Gasteiger partial charge in [-0.1, -0.05) is 36.2 Å². The van der Waals surface area contributed by atoms with Gasteiger partial charge < -0.3 is 4.84 Å². The second-order valence-electron chi connectivity index (χ2n) is 9.76. The van der Waals surface area contributed by atoms with Gasteiger partial charge in [-0.2, -0.15) is 0 Å². The Balaban J connectivity index is 0.000000495. The minimum absolute atomic E-state index is 0. The summed E-state index contributed by atoms with van der Waals surface area (Å²) in [4.78, 5) is 5.13. The quantitative estimate of drug-likeness (QED) is 0.303. The monoisotopic (exact) mass is 357 g/mol. The standard InChI is InChI=1S/C21H31NO.C3H6.H2/c1-14(22-23-3)16-7-8-17-19(16,2)12-10-18-20-11-5-4-6-15(20)9-13-21(17,18)20;1-3-2;/h9,16-18H,4-8,10-13H2,1-3H3;3H,1H2,2H3;1H/b22-14+;;. The fourth-order valence-corrected chi connectivity index (χ4v) is 8.63. The van der Waals surface area contributed by atoms with Crippen molar-refractivity contribution < 1.29 is 6.26 Å². The summed E-state index contributed by atoms with van der Waals surface area (Å²) in [5.74, 6) is 2.60. The smallest absolute Gasteiger partial charge is 0.106 e. The Morgan fingerprint density at radius 3 is 2.77 bits per heavy atom. The summed E-state index contributed by atoms with van der Waals surface area (Å²) in [6.07, 6.45) is 17.3. The molecule has 26 heavy (non-hydrogen) atoms. The largest absolute Gasteiger partial charge is 0.399 e. The molecule has 2 nitrogen and oxygen atoms in total. The zero-order valence-corrected chi connectivity index (χ0v) is 17.3. The summed E-state index contributed by atoms with van der Waals surface area (Å²) in [6, 6.07) is 0. The van der Waals surface area contributed by atoms with Gasteiger partial charge in [0.25, 0.3) is 0 Å². The van der Waals surface area contributed by atoms with Crippen LogP contribution in [0.3, 0.4) is 0 Å². The molecule has 6 unspecified atom stereocenters. The highest BCUT2D eigenvalue weighted by molar-refractivity contribution is 5.85. The first-order chi connectivity index (χ1) is 12.5. The molecule has 4 fully saturated rings. The molecule has 146 valence electrons. The molecule has 6 atom stereocenters. The predicted octanol–water partition coefficient (Wildman–Crippen LogP) is 6.78. The van der Waals surface area contributed by atoms with E-state index in [1.54, 1.807) is 13.2 Å². The molecule has 2 heteroatoms. The summed E-state index contributed by atoms with van der Waals surface area (Å²) in [7, 11) is 1.69. The van der Waals surface area contributed by atoms with E-state index in [-0.39, 0.29) is 1.43 Å². The summed E-state index contributed by atoms with van der Waals surface area (Å²) >= 11 is 0. The average Bonchev–Trinajstić information content (AvgIpc) is 2.90. The first-order valence-electron chi connectivity index (χ1n) is 10.9. The molecule has 0 aromatic carbocycles. The third kappa shape index (κ3) is 2.02. The van der Waals surface area contributed by atoms with E-state index in [4.69, 9.17) is 4.84 Å². The maximum atomic E-state index is 5.13. The van der Waals surface area contributed by atoms with Crippen molar-refractivity contribution in [2.24, 2.45) is 39.2 Å². The number of hydrogen-bond acceptors (Lipinski definition) is 2. The molecule has 0 bridgehead atoms. The molecule has 5 aliphatic rings. The van der Waals surface area contributed by atoms with Crippen molar-refractivity contribution >= 4 is 5.71 Å². The topological polar surface area (TPSA) is 21.6 Å². The van der Waals surface area contributed by atoms with Crippen molar-refractivity contribution in [1.29, 1.82) is 0 Å². The molecule has 0 saturated heterocycles. The number of fused-ring (bicyclic) bond motifs is 1. The van der Waals surface area contributed by atoms with Crippen LogP contribution in [0.25, 0.3) is 0 Å². The van der Waals surface area contributed by atoms with Crippen LogP contribution in [0, 0.1) is 34.0 Å². The molecule has 0 aromatic heterocycles. The van der Waals surface area contributed by atoms with E-state index >= 15 is 0 Å². The third-order valence-corrected chi connectivity index (χ3v) is 9.16. The highest BCUT2D eigenvalue weighted by atomic mass is 16.6. The Morgan fingerprint density at radius 2 is 2.04 bits per heavy atom. The van der Waals surface area contributed by atoms with Crippen LogP contribution in [-0.4, -0.2) is 12.8 Å². The highest BCUT2D eigenvalue weighted by Crippen LogP contribution is 2.90. The summed E-state index contributed by atoms with van der Waals surface area (Å²) in [5.41, 5.74) is 4.93. The normalized spacial score (nSPS) is 48.1. The summed E-state index contributed by atoms with van der Waals surface area (Å²) in [5, 5.41) is 4.35. The Kier molecular flexibility index (Phi) is 4.40. The molecule has 4 saturated carbocycles. The zero-order valence-electron chi connectivity index (χ0n) is 17.3. The van der Waals surface area contributed by atoms with Crippen LogP contribution in [0.5, 0.6) is 0 Å². The highest BCUT2D eigenvalue weighted by Gasteiger charge is 2.84. The fraction of sp³-hybridized carbons (Fsp3) is 0.792. The van der Waals surface area contributed by atoms with Crippen LogP contribution in [0.2, 0.25) is 0 Å². The van der Waals surface area contributed by atoms with Gasteiger partial charge in [-0.3, -0.25) is 0 Å². The van der Waals surface area contributed by atoms with Crippen LogP contribution in [0.4, 0.5) is 0 Å². The second kappa shape index (κ2) is 6.24. The van der Waals surface area contributed by atoms with Gasteiger partial charge in [0, 0.05) is 12.8 Å². The van der Waals surface area contributed by atoms with E-state index in [1.807, 2.05) is 12.5 Å². The minimum Gasteiger partial charge on any atom is -0.399 e. The van der Waals surface area contributed by atoms with E-state index < -0.39 is 0 Å². The first kappa shape index (κ1) is 18.3. The van der Waals surface area contributed by atoms with Crippen molar-refractivity contribution in [1.82, 2.24) is 0 Å². The Morgan fingerprint density at radius 1 is 1.27 bits per heavy atom. The lowest BCUT2D eigenvalue weighted by molar-refractivity contribution is 0.0534. The van der Waals surface area contributed by atoms with Crippen LogP contribution in [0.15, 0.2) is 29.5 Å². The molecule has 5 aliphatic carbocycles. The van der Waals surface area contributed by atoms with Gasteiger partial charge in [0.05, 0.1) is 5.71 Å². The average molecular weight is 358 g/mol. The third-order valence-electron chi connectivity index (χ3n) is 9.16. The van der Waals surface area contributed by atoms with E-state index in [1.165, 1.54) is 63.5 Å². The predicted molar refractivity (Wildman–Crippen MR) is 111 cm³/mol. The lowest BCUT2D eigenvalue weighted by Crippen LogP contribution is -2.40. The minimum atomic E-state index is 0. The number of allylic oxidation sites excluding steroid dienone is 3. The van der Waals surface area contributed by atoms with Crippen molar-refractivity contribution in [2.45, 2.75) is 78.6 Å². The van der Waals surface area contributed by atoms with Crippen molar-refractivity contribution in [3.8, 4) is 0 Å². The molecular weight excluding hydrogens is 318 g/mol. The number of hydrogen-bond donors (Lipinski definition) is 0. The molecule has 0 N–H and O–H groups in total. The molecular formula is C24H39NO. The zero-order chi connectivity index (χ0) is 18.6. The van der Waals surface area contributed by atoms with Gasteiger partial charge in [0.15, 0.2) is 0 Å². The summed E-state index contributed by atoms with van der Waals surface area (Å²) < 4.78 is 0. The maximum absolute atomic E-state index is 5.13. The lowest BCUT2D eigenvalue weighted by Gasteiger charge is -2.45.